The van der Waals surface area contributed by atoms with Crippen LogP contribution in [0.1, 0.15) is 17.7 Å². The zero-order valence-electron chi connectivity index (χ0n) is 11.4. The summed E-state index contributed by atoms with van der Waals surface area (Å²) in [7, 11) is 3.52. The van der Waals surface area contributed by atoms with Crippen LogP contribution in [-0.4, -0.2) is 43.3 Å². The lowest BCUT2D eigenvalue weighted by molar-refractivity contribution is 0.0639. The van der Waals surface area contributed by atoms with E-state index in [1.807, 2.05) is 14.0 Å². The van der Waals surface area contributed by atoms with E-state index >= 15 is 0 Å². The summed E-state index contributed by atoms with van der Waals surface area (Å²) in [6, 6.07) is 0. The van der Waals surface area contributed by atoms with Gasteiger partial charge in [0, 0.05) is 33.7 Å². The highest BCUT2D eigenvalue weighted by atomic mass is 16.5. The second-order valence-electron chi connectivity index (χ2n) is 4.00. The van der Waals surface area contributed by atoms with E-state index in [0.29, 0.717) is 33.0 Å². The van der Waals surface area contributed by atoms with Gasteiger partial charge in [-0.05, 0) is 6.92 Å². The van der Waals surface area contributed by atoms with Gasteiger partial charge >= 0.3 is 0 Å². The van der Waals surface area contributed by atoms with E-state index < -0.39 is 0 Å². The molecule has 0 radical (unpaired) electrons. The van der Waals surface area contributed by atoms with Crippen LogP contribution in [-0.2, 0) is 23.1 Å². The molecule has 1 rings (SSSR count). The van der Waals surface area contributed by atoms with Crippen molar-refractivity contribution in [3.8, 4) is 5.88 Å². The summed E-state index contributed by atoms with van der Waals surface area (Å²) in [6.07, 6.45) is 0.831. The normalized spacial score (nSPS) is 10.9. The summed E-state index contributed by atoms with van der Waals surface area (Å²) >= 11 is 0. The molecule has 0 saturated carbocycles. The first-order valence-corrected chi connectivity index (χ1v) is 6.12. The molecule has 1 heterocycles. The summed E-state index contributed by atoms with van der Waals surface area (Å²) < 4.78 is 17.7. The summed E-state index contributed by atoms with van der Waals surface area (Å²) in [5.74, 6) is 0.756. The summed E-state index contributed by atoms with van der Waals surface area (Å²) in [5, 5.41) is 4.29. The van der Waals surface area contributed by atoms with E-state index in [1.54, 1.807) is 11.8 Å². The van der Waals surface area contributed by atoms with Crippen molar-refractivity contribution in [2.45, 2.75) is 19.9 Å². The maximum Gasteiger partial charge on any atom is 0.216 e. The average Bonchev–Trinajstić information content (AvgIpc) is 2.62. The predicted molar refractivity (Wildman–Crippen MR) is 68.6 cm³/mol. The molecule has 2 N–H and O–H groups in total. The smallest absolute Gasteiger partial charge is 0.216 e. The quantitative estimate of drug-likeness (QED) is 0.657. The van der Waals surface area contributed by atoms with Crippen LogP contribution in [0, 0.1) is 6.92 Å². The first-order valence-electron chi connectivity index (χ1n) is 6.12. The molecule has 0 bridgehead atoms. The predicted octanol–water partition coefficient (Wildman–Crippen LogP) is 0.619. The third-order valence-corrected chi connectivity index (χ3v) is 2.60. The minimum Gasteiger partial charge on any atom is -0.478 e. The van der Waals surface area contributed by atoms with Crippen molar-refractivity contribution >= 4 is 0 Å². The van der Waals surface area contributed by atoms with E-state index in [9.17, 15) is 0 Å². The molecule has 6 nitrogen and oxygen atoms in total. The summed E-state index contributed by atoms with van der Waals surface area (Å²) in [5.41, 5.74) is 7.57. The van der Waals surface area contributed by atoms with Crippen molar-refractivity contribution in [2.24, 2.45) is 12.8 Å². The molecule has 0 unspecified atom stereocenters. The van der Waals surface area contributed by atoms with E-state index in [4.69, 9.17) is 19.9 Å². The third-order valence-electron chi connectivity index (χ3n) is 2.60. The van der Waals surface area contributed by atoms with Crippen LogP contribution in [0.2, 0.25) is 0 Å². The van der Waals surface area contributed by atoms with Crippen molar-refractivity contribution in [2.75, 3.05) is 33.5 Å². The molecule has 6 heteroatoms. The molecule has 0 atom stereocenters. The maximum atomic E-state index is 5.70. The first-order chi connectivity index (χ1) is 8.70. The number of rotatable bonds is 9. The molecule has 1 aromatic heterocycles. The van der Waals surface area contributed by atoms with E-state index in [1.165, 1.54) is 0 Å². The Labute approximate surface area is 108 Å². The second kappa shape index (κ2) is 8.07. The van der Waals surface area contributed by atoms with Gasteiger partial charge in [0.2, 0.25) is 5.88 Å². The van der Waals surface area contributed by atoms with Gasteiger partial charge in [0.15, 0.2) is 0 Å². The zero-order valence-corrected chi connectivity index (χ0v) is 11.4. The van der Waals surface area contributed by atoms with Gasteiger partial charge in [0.1, 0.15) is 0 Å². The summed E-state index contributed by atoms with van der Waals surface area (Å²) in [4.78, 5) is 0. The molecule has 0 fully saturated rings. The molecule has 0 aliphatic rings. The Bertz CT molecular complexity index is 353. The van der Waals surface area contributed by atoms with Gasteiger partial charge in [-0.15, -0.1) is 0 Å². The minimum absolute atomic E-state index is 0.444. The van der Waals surface area contributed by atoms with Crippen LogP contribution in [0.4, 0.5) is 0 Å². The van der Waals surface area contributed by atoms with Crippen LogP contribution >= 0.6 is 0 Å². The minimum atomic E-state index is 0.444. The molecule has 0 aromatic carbocycles. The van der Waals surface area contributed by atoms with Gasteiger partial charge in [-0.2, -0.15) is 5.10 Å². The van der Waals surface area contributed by atoms with Gasteiger partial charge in [-0.3, -0.25) is 0 Å². The summed E-state index contributed by atoms with van der Waals surface area (Å²) in [6.45, 7) is 4.88. The average molecular weight is 257 g/mol. The van der Waals surface area contributed by atoms with Gasteiger partial charge in [0.25, 0.3) is 0 Å². The van der Waals surface area contributed by atoms with Crippen LogP contribution < -0.4 is 10.5 Å². The Hall–Kier alpha value is -1.11. The topological polar surface area (TPSA) is 71.5 Å². The van der Waals surface area contributed by atoms with Gasteiger partial charge in [0.05, 0.1) is 31.1 Å². The molecule has 1 aromatic rings. The molecule has 0 saturated heterocycles. The largest absolute Gasteiger partial charge is 0.478 e. The van der Waals surface area contributed by atoms with Crippen molar-refractivity contribution in [3.63, 3.8) is 0 Å². The monoisotopic (exact) mass is 257 g/mol. The SMILES string of the molecule is COCCOCCCOc1c(CN)c(C)nn1C. The Morgan fingerprint density at radius 1 is 1.22 bits per heavy atom. The maximum absolute atomic E-state index is 5.70. The molecule has 0 aliphatic heterocycles. The highest BCUT2D eigenvalue weighted by Gasteiger charge is 2.12. The number of hydrogen-bond acceptors (Lipinski definition) is 5. The Kier molecular flexibility index (Phi) is 6.70. The number of hydrogen-bond donors (Lipinski definition) is 1. The van der Waals surface area contributed by atoms with Gasteiger partial charge in [-0.25, -0.2) is 4.68 Å². The molecule has 0 aliphatic carbocycles. The van der Waals surface area contributed by atoms with Crippen molar-refractivity contribution in [1.82, 2.24) is 9.78 Å². The van der Waals surface area contributed by atoms with Crippen LogP contribution in [0.5, 0.6) is 5.88 Å². The standard InChI is InChI=1S/C12H23N3O3/c1-10-11(9-13)12(15(2)14-10)18-6-4-5-17-8-7-16-3/h4-9,13H2,1-3H3. The van der Waals surface area contributed by atoms with Crippen LogP contribution in [0.3, 0.4) is 0 Å². The lowest BCUT2D eigenvalue weighted by Crippen LogP contribution is -2.09. The van der Waals surface area contributed by atoms with Crippen LogP contribution in [0.25, 0.3) is 0 Å². The van der Waals surface area contributed by atoms with Crippen molar-refractivity contribution in [3.05, 3.63) is 11.3 Å². The van der Waals surface area contributed by atoms with E-state index in [-0.39, 0.29) is 0 Å². The number of nitrogens with zero attached hydrogens (tertiary/aromatic N) is 2. The number of methoxy groups -OCH3 is 1. The molecule has 104 valence electrons. The molecular formula is C12H23N3O3. The molecule has 18 heavy (non-hydrogen) atoms. The number of nitrogens with two attached hydrogens (primary N) is 1. The number of aromatic nitrogens is 2. The van der Waals surface area contributed by atoms with E-state index in [2.05, 4.69) is 5.10 Å². The van der Waals surface area contributed by atoms with Gasteiger partial charge < -0.3 is 19.9 Å². The lowest BCUT2D eigenvalue weighted by atomic mass is 10.2. The Morgan fingerprint density at radius 2 is 2.00 bits per heavy atom. The van der Waals surface area contributed by atoms with Gasteiger partial charge in [-0.1, -0.05) is 0 Å². The fraction of sp³-hybridized carbons (Fsp3) is 0.750. The fourth-order valence-corrected chi connectivity index (χ4v) is 1.67. The molecular weight excluding hydrogens is 234 g/mol. The zero-order chi connectivity index (χ0) is 13.4. The fourth-order valence-electron chi connectivity index (χ4n) is 1.67. The Morgan fingerprint density at radius 3 is 2.67 bits per heavy atom. The molecule has 0 amide bonds. The third kappa shape index (κ3) is 4.29. The lowest BCUT2D eigenvalue weighted by Gasteiger charge is -2.08. The highest BCUT2D eigenvalue weighted by molar-refractivity contribution is 5.30. The molecule has 0 spiro atoms. The van der Waals surface area contributed by atoms with Crippen molar-refractivity contribution < 1.29 is 14.2 Å². The van der Waals surface area contributed by atoms with Crippen LogP contribution in [0.15, 0.2) is 0 Å². The van der Waals surface area contributed by atoms with E-state index in [0.717, 1.165) is 23.6 Å². The Balaban J connectivity index is 2.27. The number of aryl methyl sites for hydroxylation is 2. The number of ether oxygens (including phenoxy) is 3. The second-order valence-corrected chi connectivity index (χ2v) is 4.00. The first kappa shape index (κ1) is 14.9. The highest BCUT2D eigenvalue weighted by Crippen LogP contribution is 2.20. The van der Waals surface area contributed by atoms with Crippen molar-refractivity contribution in [1.29, 1.82) is 0 Å².